The Balaban J connectivity index is 2.02. The lowest BCUT2D eigenvalue weighted by molar-refractivity contribution is -0.119. The van der Waals surface area contributed by atoms with E-state index in [1.165, 1.54) is 0 Å². The van der Waals surface area contributed by atoms with Crippen LogP contribution in [0.15, 0.2) is 19.2 Å². The van der Waals surface area contributed by atoms with Crippen LogP contribution >= 0.6 is 11.8 Å². The number of aryl methyl sites for hydroxylation is 1. The molecule has 0 fully saturated rings. The van der Waals surface area contributed by atoms with Crippen molar-refractivity contribution < 1.29 is 9.21 Å². The summed E-state index contributed by atoms with van der Waals surface area (Å²) in [5.74, 6) is 0.271. The van der Waals surface area contributed by atoms with Gasteiger partial charge in [0.2, 0.25) is 11.8 Å². The van der Waals surface area contributed by atoms with E-state index in [-0.39, 0.29) is 35.2 Å². The van der Waals surface area contributed by atoms with Gasteiger partial charge in [-0.1, -0.05) is 11.8 Å². The summed E-state index contributed by atoms with van der Waals surface area (Å²) in [6.07, 6.45) is 0.101. The van der Waals surface area contributed by atoms with Crippen LogP contribution in [0.5, 0.6) is 0 Å². The van der Waals surface area contributed by atoms with Crippen LogP contribution in [0.25, 0.3) is 0 Å². The van der Waals surface area contributed by atoms with Crippen molar-refractivity contribution >= 4 is 17.7 Å². The van der Waals surface area contributed by atoms with Crippen LogP contribution in [0.3, 0.4) is 0 Å². The molecule has 3 N–H and O–H groups in total. The molecule has 0 unspecified atom stereocenters. The molecule has 10 heteroatoms. The highest BCUT2D eigenvalue weighted by Gasteiger charge is 2.14. The monoisotopic (exact) mass is 339 g/mol. The molecule has 0 radical (unpaired) electrons. The number of aromatic amines is 2. The van der Waals surface area contributed by atoms with E-state index < -0.39 is 11.2 Å². The topological polar surface area (TPSA) is 134 Å². The standard InChI is InChI=1S/C13H17N5O4S/c1-6(2)14-9(19)5-23-13-18-17-10(22-13)4-8-7(3)15-12(21)16-11(8)20/h6H,4-5H2,1-3H3,(H,14,19)(H2,15,16,20,21). The molecule has 0 saturated carbocycles. The van der Waals surface area contributed by atoms with Crippen LogP contribution < -0.4 is 16.6 Å². The van der Waals surface area contributed by atoms with E-state index in [0.717, 1.165) is 11.8 Å². The molecule has 0 bridgehead atoms. The molecule has 0 aromatic carbocycles. The van der Waals surface area contributed by atoms with Crippen molar-refractivity contribution in [3.63, 3.8) is 0 Å². The number of nitrogens with zero attached hydrogens (tertiary/aromatic N) is 2. The van der Waals surface area contributed by atoms with Gasteiger partial charge in [0.1, 0.15) is 0 Å². The second-order valence-corrected chi connectivity index (χ2v) is 6.09. The Labute approximate surface area is 135 Å². The van der Waals surface area contributed by atoms with Gasteiger partial charge in [0.05, 0.1) is 12.2 Å². The normalized spacial score (nSPS) is 11.0. The number of amides is 1. The Hall–Kier alpha value is -2.36. The highest BCUT2D eigenvalue weighted by Crippen LogP contribution is 2.17. The van der Waals surface area contributed by atoms with Crippen LogP contribution in [-0.4, -0.2) is 37.9 Å². The fourth-order valence-electron chi connectivity index (χ4n) is 1.85. The Morgan fingerprint density at radius 3 is 2.70 bits per heavy atom. The van der Waals surface area contributed by atoms with E-state index in [1.54, 1.807) is 6.92 Å². The van der Waals surface area contributed by atoms with E-state index in [0.29, 0.717) is 11.3 Å². The Morgan fingerprint density at radius 2 is 2.04 bits per heavy atom. The van der Waals surface area contributed by atoms with Gasteiger partial charge in [0.15, 0.2) is 0 Å². The van der Waals surface area contributed by atoms with E-state index >= 15 is 0 Å². The predicted molar refractivity (Wildman–Crippen MR) is 83.5 cm³/mol. The van der Waals surface area contributed by atoms with Crippen molar-refractivity contribution in [2.75, 3.05) is 5.75 Å². The van der Waals surface area contributed by atoms with Gasteiger partial charge in [-0.15, -0.1) is 10.2 Å². The first-order valence-corrected chi connectivity index (χ1v) is 7.90. The minimum atomic E-state index is -0.561. The molecule has 1 amide bonds. The van der Waals surface area contributed by atoms with Gasteiger partial charge >= 0.3 is 5.69 Å². The number of H-pyrrole nitrogens is 2. The van der Waals surface area contributed by atoms with Gasteiger partial charge in [-0.3, -0.25) is 14.6 Å². The summed E-state index contributed by atoms with van der Waals surface area (Å²) in [6, 6.07) is 0.0660. The van der Waals surface area contributed by atoms with Crippen LogP contribution in [0.2, 0.25) is 0 Å². The molecule has 2 aromatic rings. The second-order valence-electron chi connectivity index (χ2n) is 5.16. The molecule has 124 valence electrons. The highest BCUT2D eigenvalue weighted by atomic mass is 32.2. The number of carbonyl (C=O) groups excluding carboxylic acids is 1. The fraction of sp³-hybridized carbons (Fsp3) is 0.462. The first kappa shape index (κ1) is 17.0. The van der Waals surface area contributed by atoms with Crippen molar-refractivity contribution in [3.05, 3.63) is 38.0 Å². The van der Waals surface area contributed by atoms with Gasteiger partial charge in [0, 0.05) is 17.3 Å². The van der Waals surface area contributed by atoms with Crippen molar-refractivity contribution in [2.45, 2.75) is 38.5 Å². The SMILES string of the molecule is Cc1[nH]c(=O)[nH]c(=O)c1Cc1nnc(SCC(=O)NC(C)C)o1. The quantitative estimate of drug-likeness (QED) is 0.629. The van der Waals surface area contributed by atoms with Crippen molar-refractivity contribution in [1.82, 2.24) is 25.5 Å². The highest BCUT2D eigenvalue weighted by molar-refractivity contribution is 7.99. The fourth-order valence-corrected chi connectivity index (χ4v) is 2.44. The summed E-state index contributed by atoms with van der Waals surface area (Å²) in [5, 5.41) is 10.7. The van der Waals surface area contributed by atoms with Crippen LogP contribution in [0.4, 0.5) is 0 Å². The van der Waals surface area contributed by atoms with Gasteiger partial charge in [-0.2, -0.15) is 0 Å². The minimum Gasteiger partial charge on any atom is -0.416 e. The molecule has 9 nitrogen and oxygen atoms in total. The van der Waals surface area contributed by atoms with E-state index in [2.05, 4.69) is 25.5 Å². The first-order chi connectivity index (χ1) is 10.8. The molecule has 0 aliphatic heterocycles. The van der Waals surface area contributed by atoms with Gasteiger partial charge in [-0.25, -0.2) is 4.79 Å². The molecule has 0 spiro atoms. The average molecular weight is 339 g/mol. The average Bonchev–Trinajstić information content (AvgIpc) is 2.87. The summed E-state index contributed by atoms with van der Waals surface area (Å²) in [6.45, 7) is 5.36. The number of hydrogen-bond donors (Lipinski definition) is 3. The lowest BCUT2D eigenvalue weighted by Gasteiger charge is -2.06. The lowest BCUT2D eigenvalue weighted by Crippen LogP contribution is -2.31. The Morgan fingerprint density at radius 1 is 1.30 bits per heavy atom. The zero-order chi connectivity index (χ0) is 17.0. The molecule has 0 aliphatic rings. The summed E-state index contributed by atoms with van der Waals surface area (Å²) >= 11 is 1.12. The summed E-state index contributed by atoms with van der Waals surface area (Å²) < 4.78 is 5.40. The van der Waals surface area contributed by atoms with Gasteiger partial charge in [0.25, 0.3) is 10.8 Å². The lowest BCUT2D eigenvalue weighted by atomic mass is 10.2. The zero-order valence-corrected chi connectivity index (χ0v) is 13.7. The number of thioether (sulfide) groups is 1. The smallest absolute Gasteiger partial charge is 0.325 e. The van der Waals surface area contributed by atoms with Gasteiger partial charge in [-0.05, 0) is 20.8 Å². The van der Waals surface area contributed by atoms with Crippen LogP contribution in [0.1, 0.15) is 31.0 Å². The number of aromatic nitrogens is 4. The summed E-state index contributed by atoms with van der Waals surface area (Å²) in [7, 11) is 0. The molecular weight excluding hydrogens is 322 g/mol. The maximum Gasteiger partial charge on any atom is 0.325 e. The van der Waals surface area contributed by atoms with Crippen molar-refractivity contribution in [2.24, 2.45) is 0 Å². The molecule has 2 heterocycles. The molecule has 2 aromatic heterocycles. The van der Waals surface area contributed by atoms with Crippen LogP contribution in [-0.2, 0) is 11.2 Å². The third-order valence-corrected chi connectivity index (χ3v) is 3.63. The first-order valence-electron chi connectivity index (χ1n) is 6.91. The molecular formula is C13H17N5O4S. The van der Waals surface area contributed by atoms with Crippen LogP contribution in [0, 0.1) is 6.92 Å². The molecule has 0 aliphatic carbocycles. The van der Waals surface area contributed by atoms with E-state index in [4.69, 9.17) is 4.42 Å². The third-order valence-electron chi connectivity index (χ3n) is 2.81. The third kappa shape index (κ3) is 4.81. The van der Waals surface area contributed by atoms with E-state index in [1.807, 2.05) is 13.8 Å². The molecule has 0 atom stereocenters. The maximum atomic E-state index is 11.8. The number of hydrogen-bond acceptors (Lipinski definition) is 7. The number of rotatable bonds is 6. The van der Waals surface area contributed by atoms with E-state index in [9.17, 15) is 14.4 Å². The Bertz CT molecular complexity index is 807. The summed E-state index contributed by atoms with van der Waals surface area (Å²) in [4.78, 5) is 39.1. The van der Waals surface area contributed by atoms with Gasteiger partial charge < -0.3 is 14.7 Å². The van der Waals surface area contributed by atoms with Crippen molar-refractivity contribution in [3.8, 4) is 0 Å². The largest absolute Gasteiger partial charge is 0.416 e. The maximum absolute atomic E-state index is 11.8. The number of carbonyl (C=O) groups is 1. The molecule has 2 rings (SSSR count). The zero-order valence-electron chi connectivity index (χ0n) is 12.9. The minimum absolute atomic E-state index is 0.0660. The summed E-state index contributed by atoms with van der Waals surface area (Å²) in [5.41, 5.74) is -0.256. The second kappa shape index (κ2) is 7.27. The number of nitrogens with one attached hydrogen (secondary N) is 3. The Kier molecular flexibility index (Phi) is 5.37. The molecule has 23 heavy (non-hydrogen) atoms. The predicted octanol–water partition coefficient (Wildman–Crippen LogP) is -0.0379. The van der Waals surface area contributed by atoms with Crippen molar-refractivity contribution in [1.29, 1.82) is 0 Å². The molecule has 0 saturated heterocycles.